The standard InChI is InChI=1S/C18H23N7/c1-11(2)21-17-16-13(7-14(8-19)22-17)9-20-18(24-16)23-15-10-25-5-3-12(15)4-6-25/h7,9,11-12,15H,3-6,10H2,1-2H3,(H,21,22)(H,20,23,24)/t15-/m1/s1. The molecule has 3 aliphatic heterocycles. The van der Waals surface area contributed by atoms with E-state index in [2.05, 4.69) is 31.6 Å². The Morgan fingerprint density at radius 3 is 2.72 bits per heavy atom. The molecule has 5 rings (SSSR count). The summed E-state index contributed by atoms with van der Waals surface area (Å²) in [6.45, 7) is 7.57. The lowest BCUT2D eigenvalue weighted by atomic mass is 9.84. The molecule has 0 unspecified atom stereocenters. The van der Waals surface area contributed by atoms with E-state index in [4.69, 9.17) is 4.98 Å². The molecular formula is C18H23N7. The zero-order valence-electron chi connectivity index (χ0n) is 14.7. The molecule has 3 aliphatic rings. The van der Waals surface area contributed by atoms with Gasteiger partial charge in [0.1, 0.15) is 17.3 Å². The van der Waals surface area contributed by atoms with E-state index in [1.54, 1.807) is 12.3 Å². The summed E-state index contributed by atoms with van der Waals surface area (Å²) < 4.78 is 0. The monoisotopic (exact) mass is 337 g/mol. The highest BCUT2D eigenvalue weighted by Crippen LogP contribution is 2.29. The summed E-state index contributed by atoms with van der Waals surface area (Å²) in [6.07, 6.45) is 4.27. The van der Waals surface area contributed by atoms with Gasteiger partial charge in [0, 0.05) is 30.2 Å². The Labute approximate surface area is 147 Å². The van der Waals surface area contributed by atoms with E-state index < -0.39 is 0 Å². The van der Waals surface area contributed by atoms with E-state index in [1.807, 2.05) is 13.8 Å². The van der Waals surface area contributed by atoms with Crippen molar-refractivity contribution in [2.24, 2.45) is 5.92 Å². The Bertz CT molecular complexity index is 818. The average Bonchev–Trinajstić information content (AvgIpc) is 2.62. The van der Waals surface area contributed by atoms with Crippen LogP contribution in [0.25, 0.3) is 10.9 Å². The Morgan fingerprint density at radius 2 is 2.08 bits per heavy atom. The van der Waals surface area contributed by atoms with Crippen LogP contribution in [-0.2, 0) is 0 Å². The third-order valence-electron chi connectivity index (χ3n) is 5.08. The lowest BCUT2D eigenvalue weighted by Gasteiger charge is -2.44. The largest absolute Gasteiger partial charge is 0.366 e. The molecule has 2 bridgehead atoms. The Balaban J connectivity index is 1.65. The molecular weight excluding hydrogens is 314 g/mol. The zero-order chi connectivity index (χ0) is 17.4. The Hall–Kier alpha value is -2.46. The molecule has 0 spiro atoms. The quantitative estimate of drug-likeness (QED) is 0.884. The van der Waals surface area contributed by atoms with Crippen molar-refractivity contribution in [1.82, 2.24) is 19.9 Å². The second kappa shape index (κ2) is 6.45. The van der Waals surface area contributed by atoms with Crippen LogP contribution in [0.1, 0.15) is 32.4 Å². The van der Waals surface area contributed by atoms with Crippen molar-refractivity contribution < 1.29 is 0 Å². The fourth-order valence-electron chi connectivity index (χ4n) is 3.83. The number of rotatable bonds is 4. The van der Waals surface area contributed by atoms with Crippen LogP contribution in [0.2, 0.25) is 0 Å². The predicted molar refractivity (Wildman–Crippen MR) is 97.4 cm³/mol. The van der Waals surface area contributed by atoms with Crippen LogP contribution in [0.4, 0.5) is 11.8 Å². The van der Waals surface area contributed by atoms with Crippen LogP contribution in [-0.4, -0.2) is 51.6 Å². The van der Waals surface area contributed by atoms with Crippen molar-refractivity contribution in [2.75, 3.05) is 30.3 Å². The van der Waals surface area contributed by atoms with Crippen LogP contribution >= 0.6 is 0 Å². The van der Waals surface area contributed by atoms with Gasteiger partial charge in [-0.3, -0.25) is 0 Å². The van der Waals surface area contributed by atoms with Crippen molar-refractivity contribution in [2.45, 2.75) is 38.8 Å². The Kier molecular flexibility index (Phi) is 4.14. The minimum Gasteiger partial charge on any atom is -0.366 e. The number of nitrogens with one attached hydrogen (secondary N) is 2. The van der Waals surface area contributed by atoms with Crippen molar-refractivity contribution in [3.05, 3.63) is 18.0 Å². The van der Waals surface area contributed by atoms with Gasteiger partial charge in [0.05, 0.1) is 0 Å². The van der Waals surface area contributed by atoms with Crippen LogP contribution in [0.15, 0.2) is 12.3 Å². The van der Waals surface area contributed by atoms with Crippen molar-refractivity contribution in [3.63, 3.8) is 0 Å². The first-order valence-electron chi connectivity index (χ1n) is 8.95. The van der Waals surface area contributed by atoms with Gasteiger partial charge in [-0.1, -0.05) is 0 Å². The fourth-order valence-corrected chi connectivity index (χ4v) is 3.83. The number of nitriles is 1. The molecule has 0 amide bonds. The highest BCUT2D eigenvalue weighted by molar-refractivity contribution is 5.89. The summed E-state index contributed by atoms with van der Waals surface area (Å²) in [5.74, 6) is 1.99. The summed E-state index contributed by atoms with van der Waals surface area (Å²) in [5.41, 5.74) is 1.13. The molecule has 130 valence electrons. The third kappa shape index (κ3) is 3.22. The number of fused-ring (bicyclic) bond motifs is 4. The molecule has 3 fully saturated rings. The number of piperidine rings is 3. The summed E-state index contributed by atoms with van der Waals surface area (Å²) in [5, 5.41) is 16.8. The molecule has 2 aromatic rings. The summed E-state index contributed by atoms with van der Waals surface area (Å²) >= 11 is 0. The molecule has 7 heteroatoms. The lowest BCUT2D eigenvalue weighted by molar-refractivity contribution is 0.0972. The molecule has 0 aromatic carbocycles. The van der Waals surface area contributed by atoms with Gasteiger partial charge in [-0.25, -0.2) is 15.0 Å². The van der Waals surface area contributed by atoms with Gasteiger partial charge in [-0.05, 0) is 51.8 Å². The molecule has 3 saturated heterocycles. The number of pyridine rings is 1. The van der Waals surface area contributed by atoms with Crippen LogP contribution in [0, 0.1) is 17.2 Å². The van der Waals surface area contributed by atoms with Crippen LogP contribution < -0.4 is 10.6 Å². The van der Waals surface area contributed by atoms with Crippen molar-refractivity contribution in [1.29, 1.82) is 5.26 Å². The SMILES string of the molecule is CC(C)Nc1nc(C#N)cc2cnc(N[C@@H]3CN4CCC3CC4)nc12. The second-order valence-corrected chi connectivity index (χ2v) is 7.29. The van der Waals surface area contributed by atoms with E-state index in [0.29, 0.717) is 29.4 Å². The summed E-state index contributed by atoms with van der Waals surface area (Å²) in [7, 11) is 0. The molecule has 0 saturated carbocycles. The van der Waals surface area contributed by atoms with Crippen molar-refractivity contribution >= 4 is 22.7 Å². The Morgan fingerprint density at radius 1 is 1.28 bits per heavy atom. The minimum absolute atomic E-state index is 0.206. The fraction of sp³-hybridized carbons (Fsp3) is 0.556. The first kappa shape index (κ1) is 16.0. The topological polar surface area (TPSA) is 89.8 Å². The second-order valence-electron chi connectivity index (χ2n) is 7.29. The number of anilines is 2. The highest BCUT2D eigenvalue weighted by atomic mass is 15.2. The van der Waals surface area contributed by atoms with Gasteiger partial charge in [0.2, 0.25) is 5.95 Å². The van der Waals surface area contributed by atoms with Gasteiger partial charge in [-0.15, -0.1) is 0 Å². The maximum Gasteiger partial charge on any atom is 0.223 e. The molecule has 5 heterocycles. The van der Waals surface area contributed by atoms with Crippen LogP contribution in [0.5, 0.6) is 0 Å². The summed E-state index contributed by atoms with van der Waals surface area (Å²) in [4.78, 5) is 16.1. The zero-order valence-corrected chi connectivity index (χ0v) is 14.7. The third-order valence-corrected chi connectivity index (χ3v) is 5.08. The van der Waals surface area contributed by atoms with Gasteiger partial charge >= 0.3 is 0 Å². The molecule has 7 nitrogen and oxygen atoms in total. The number of hydrogen-bond donors (Lipinski definition) is 2. The average molecular weight is 337 g/mol. The highest BCUT2D eigenvalue weighted by Gasteiger charge is 2.34. The van der Waals surface area contributed by atoms with Gasteiger partial charge in [-0.2, -0.15) is 5.26 Å². The first-order valence-corrected chi connectivity index (χ1v) is 8.95. The minimum atomic E-state index is 0.206. The summed E-state index contributed by atoms with van der Waals surface area (Å²) in [6, 6.07) is 4.45. The molecule has 25 heavy (non-hydrogen) atoms. The van der Waals surface area contributed by atoms with E-state index in [-0.39, 0.29) is 6.04 Å². The maximum absolute atomic E-state index is 9.19. The normalized spacial score (nSPS) is 25.1. The smallest absolute Gasteiger partial charge is 0.223 e. The molecule has 0 aliphatic carbocycles. The maximum atomic E-state index is 9.19. The lowest BCUT2D eigenvalue weighted by Crippen LogP contribution is -2.53. The number of aromatic nitrogens is 3. The van der Waals surface area contributed by atoms with Crippen molar-refractivity contribution in [3.8, 4) is 6.07 Å². The first-order chi connectivity index (χ1) is 12.1. The van der Waals surface area contributed by atoms with E-state index >= 15 is 0 Å². The van der Waals surface area contributed by atoms with Gasteiger partial charge in [0.15, 0.2) is 5.82 Å². The molecule has 2 N–H and O–H groups in total. The predicted octanol–water partition coefficient (Wildman–Crippen LogP) is 2.22. The van der Waals surface area contributed by atoms with Gasteiger partial charge in [0.25, 0.3) is 0 Å². The number of nitrogens with zero attached hydrogens (tertiary/aromatic N) is 5. The van der Waals surface area contributed by atoms with E-state index in [9.17, 15) is 5.26 Å². The van der Waals surface area contributed by atoms with E-state index in [1.165, 1.54) is 25.9 Å². The van der Waals surface area contributed by atoms with Crippen LogP contribution in [0.3, 0.4) is 0 Å². The molecule has 1 atom stereocenters. The van der Waals surface area contributed by atoms with E-state index in [0.717, 1.165) is 17.4 Å². The molecule has 0 radical (unpaired) electrons. The molecule has 2 aromatic heterocycles. The number of hydrogen-bond acceptors (Lipinski definition) is 7. The van der Waals surface area contributed by atoms with Gasteiger partial charge < -0.3 is 15.5 Å².